The van der Waals surface area contributed by atoms with E-state index >= 15 is 0 Å². The van der Waals surface area contributed by atoms with Crippen molar-refractivity contribution in [1.29, 1.82) is 0 Å². The van der Waals surface area contributed by atoms with Gasteiger partial charge in [-0.2, -0.15) is 0 Å². The minimum Gasteiger partial charge on any atom is -0.496 e. The predicted octanol–water partition coefficient (Wildman–Crippen LogP) is 4.60. The lowest BCUT2D eigenvalue weighted by molar-refractivity contribution is 0.417. The maximum atomic E-state index is 6.45. The van der Waals surface area contributed by atoms with Gasteiger partial charge in [0.1, 0.15) is 16.1 Å². The first-order chi connectivity index (χ1) is 9.78. The van der Waals surface area contributed by atoms with Crippen molar-refractivity contribution in [2.45, 2.75) is 5.38 Å². The summed E-state index contributed by atoms with van der Waals surface area (Å²) >= 11 is 9.55. The van der Waals surface area contributed by atoms with Gasteiger partial charge in [-0.25, -0.2) is 0 Å². The Labute approximate surface area is 129 Å². The van der Waals surface area contributed by atoms with Crippen LogP contribution in [-0.4, -0.2) is 17.3 Å². The second kappa shape index (κ2) is 5.91. The number of nitrogens with zero attached hydrogens (tertiary/aromatic N) is 2. The minimum absolute atomic E-state index is 0.260. The molecule has 0 radical (unpaired) electrons. The Balaban J connectivity index is 1.86. The second-order valence-corrected chi connectivity index (χ2v) is 6.43. The normalized spacial score (nSPS) is 12.3. The topological polar surface area (TPSA) is 35.0 Å². The SMILES string of the molecule is COc1csc(-c2nnc(C(Cl)c3ccccc3)s2)c1. The number of hydrogen-bond acceptors (Lipinski definition) is 5. The highest BCUT2D eigenvalue weighted by Gasteiger charge is 2.17. The van der Waals surface area contributed by atoms with Gasteiger partial charge in [0.05, 0.1) is 12.0 Å². The molecular formula is C14H11ClN2OS2. The van der Waals surface area contributed by atoms with Crippen LogP contribution in [0.15, 0.2) is 41.8 Å². The Morgan fingerprint density at radius 2 is 2.00 bits per heavy atom. The van der Waals surface area contributed by atoms with Gasteiger partial charge in [-0.05, 0) is 5.56 Å². The smallest absolute Gasteiger partial charge is 0.158 e. The molecule has 1 aromatic carbocycles. The number of hydrogen-bond donors (Lipinski definition) is 0. The summed E-state index contributed by atoms with van der Waals surface area (Å²) < 4.78 is 5.18. The fourth-order valence-electron chi connectivity index (χ4n) is 1.74. The molecule has 1 unspecified atom stereocenters. The summed E-state index contributed by atoms with van der Waals surface area (Å²) in [4.78, 5) is 1.04. The van der Waals surface area contributed by atoms with Crippen LogP contribution >= 0.6 is 34.3 Å². The van der Waals surface area contributed by atoms with Crippen molar-refractivity contribution in [1.82, 2.24) is 10.2 Å². The third kappa shape index (κ3) is 2.70. The molecule has 0 fully saturated rings. The molecule has 2 aromatic heterocycles. The third-order valence-electron chi connectivity index (χ3n) is 2.77. The van der Waals surface area contributed by atoms with E-state index in [9.17, 15) is 0 Å². The summed E-state index contributed by atoms with van der Waals surface area (Å²) in [6.07, 6.45) is 0. The van der Waals surface area contributed by atoms with E-state index < -0.39 is 0 Å². The number of aromatic nitrogens is 2. The van der Waals surface area contributed by atoms with Crippen molar-refractivity contribution < 1.29 is 4.74 Å². The molecule has 0 amide bonds. The van der Waals surface area contributed by atoms with Gasteiger partial charge in [-0.1, -0.05) is 41.7 Å². The minimum atomic E-state index is -0.260. The van der Waals surface area contributed by atoms with Crippen LogP contribution in [0.5, 0.6) is 5.75 Å². The van der Waals surface area contributed by atoms with Crippen LogP contribution in [0.4, 0.5) is 0 Å². The molecule has 0 aliphatic rings. The quantitative estimate of drug-likeness (QED) is 0.658. The van der Waals surface area contributed by atoms with Crippen molar-refractivity contribution in [3.05, 3.63) is 52.3 Å². The fourth-order valence-corrected chi connectivity index (χ4v) is 3.82. The summed E-state index contributed by atoms with van der Waals surface area (Å²) in [5.41, 5.74) is 1.03. The summed E-state index contributed by atoms with van der Waals surface area (Å²) in [6, 6.07) is 11.9. The standard InChI is InChI=1S/C14H11ClN2OS2/c1-18-10-7-11(19-8-10)13-16-17-14(20-13)12(15)9-5-3-2-4-6-9/h2-8,12H,1H3. The molecule has 0 saturated heterocycles. The van der Waals surface area contributed by atoms with Crippen LogP contribution in [0.25, 0.3) is 9.88 Å². The van der Waals surface area contributed by atoms with Gasteiger partial charge in [0.25, 0.3) is 0 Å². The van der Waals surface area contributed by atoms with Crippen molar-refractivity contribution >= 4 is 34.3 Å². The Hall–Kier alpha value is -1.43. The summed E-state index contributed by atoms with van der Waals surface area (Å²) in [5, 5.41) is 11.8. The van der Waals surface area contributed by atoms with Gasteiger partial charge in [-0.3, -0.25) is 0 Å². The molecule has 3 aromatic rings. The van der Waals surface area contributed by atoms with E-state index in [1.165, 1.54) is 11.3 Å². The molecule has 0 aliphatic heterocycles. The molecular weight excluding hydrogens is 312 g/mol. The number of methoxy groups -OCH3 is 1. The van der Waals surface area contributed by atoms with E-state index in [2.05, 4.69) is 10.2 Å². The lowest BCUT2D eigenvalue weighted by Crippen LogP contribution is -1.91. The highest BCUT2D eigenvalue weighted by atomic mass is 35.5. The molecule has 1 atom stereocenters. The number of benzene rings is 1. The molecule has 0 bridgehead atoms. The van der Waals surface area contributed by atoms with Gasteiger partial charge in [0.2, 0.25) is 0 Å². The second-order valence-electron chi connectivity index (χ2n) is 4.07. The Bertz CT molecular complexity index is 696. The van der Waals surface area contributed by atoms with E-state index in [1.807, 2.05) is 41.8 Å². The van der Waals surface area contributed by atoms with Gasteiger partial charge in [0.15, 0.2) is 5.01 Å². The Morgan fingerprint density at radius 1 is 1.20 bits per heavy atom. The highest BCUT2D eigenvalue weighted by molar-refractivity contribution is 7.21. The van der Waals surface area contributed by atoms with E-state index in [0.29, 0.717) is 0 Å². The molecule has 6 heteroatoms. The maximum Gasteiger partial charge on any atom is 0.158 e. The lowest BCUT2D eigenvalue weighted by atomic mass is 10.1. The van der Waals surface area contributed by atoms with Crippen LogP contribution in [0.2, 0.25) is 0 Å². The fraction of sp³-hybridized carbons (Fsp3) is 0.143. The van der Waals surface area contributed by atoms with Crippen molar-refractivity contribution in [2.24, 2.45) is 0 Å². The first-order valence-electron chi connectivity index (χ1n) is 5.93. The lowest BCUT2D eigenvalue weighted by Gasteiger charge is -2.04. The molecule has 3 nitrogen and oxygen atoms in total. The average molecular weight is 323 g/mol. The number of rotatable bonds is 4. The summed E-state index contributed by atoms with van der Waals surface area (Å²) in [5.74, 6) is 0.840. The maximum absolute atomic E-state index is 6.45. The summed E-state index contributed by atoms with van der Waals surface area (Å²) in [7, 11) is 1.65. The monoisotopic (exact) mass is 322 g/mol. The van der Waals surface area contributed by atoms with E-state index in [4.69, 9.17) is 16.3 Å². The molecule has 20 heavy (non-hydrogen) atoms. The molecule has 0 spiro atoms. The van der Waals surface area contributed by atoms with Gasteiger partial charge >= 0.3 is 0 Å². The number of ether oxygens (including phenoxy) is 1. The number of alkyl halides is 1. The van der Waals surface area contributed by atoms with Crippen LogP contribution in [0.1, 0.15) is 15.9 Å². The first-order valence-corrected chi connectivity index (χ1v) is 8.06. The van der Waals surface area contributed by atoms with Gasteiger partial charge in [0, 0.05) is 11.4 Å². The molecule has 0 N–H and O–H groups in total. The zero-order chi connectivity index (χ0) is 13.9. The summed E-state index contributed by atoms with van der Waals surface area (Å²) in [6.45, 7) is 0. The zero-order valence-electron chi connectivity index (χ0n) is 10.6. The largest absolute Gasteiger partial charge is 0.496 e. The Kier molecular flexibility index (Phi) is 4.00. The molecule has 102 valence electrons. The molecule has 3 rings (SSSR count). The average Bonchev–Trinajstić information content (AvgIpc) is 3.16. The highest BCUT2D eigenvalue weighted by Crippen LogP contribution is 2.37. The van der Waals surface area contributed by atoms with E-state index in [-0.39, 0.29) is 5.38 Å². The zero-order valence-corrected chi connectivity index (χ0v) is 13.0. The van der Waals surface area contributed by atoms with Gasteiger partial charge in [-0.15, -0.1) is 33.1 Å². The molecule has 0 saturated carbocycles. The first kappa shape index (κ1) is 13.5. The predicted molar refractivity (Wildman–Crippen MR) is 83.9 cm³/mol. The van der Waals surface area contributed by atoms with Crippen molar-refractivity contribution in [2.75, 3.05) is 7.11 Å². The van der Waals surface area contributed by atoms with E-state index in [1.54, 1.807) is 18.4 Å². The van der Waals surface area contributed by atoms with Crippen molar-refractivity contribution in [3.63, 3.8) is 0 Å². The number of halogens is 1. The van der Waals surface area contributed by atoms with Crippen LogP contribution < -0.4 is 4.74 Å². The molecule has 2 heterocycles. The van der Waals surface area contributed by atoms with Crippen molar-refractivity contribution in [3.8, 4) is 15.6 Å². The van der Waals surface area contributed by atoms with Gasteiger partial charge < -0.3 is 4.74 Å². The third-order valence-corrected chi connectivity index (χ3v) is 5.43. The Morgan fingerprint density at radius 3 is 2.70 bits per heavy atom. The van der Waals surface area contributed by atoms with Crippen LogP contribution in [0, 0.1) is 0 Å². The number of thiophene rings is 1. The van der Waals surface area contributed by atoms with E-state index in [0.717, 1.165) is 26.2 Å². The van der Waals surface area contributed by atoms with Crippen LogP contribution in [-0.2, 0) is 0 Å². The molecule has 0 aliphatic carbocycles. The van der Waals surface area contributed by atoms with Crippen LogP contribution in [0.3, 0.4) is 0 Å².